The van der Waals surface area contributed by atoms with E-state index < -0.39 is 26.7 Å². The summed E-state index contributed by atoms with van der Waals surface area (Å²) < 4.78 is 65.9. The molecule has 0 N–H and O–H groups in total. The average molecular weight is 370 g/mol. The Bertz CT molecular complexity index is 668. The fourth-order valence-corrected chi connectivity index (χ4v) is 5.43. The van der Waals surface area contributed by atoms with E-state index in [-0.39, 0.29) is 17.1 Å². The minimum absolute atomic E-state index is 0.189. The van der Waals surface area contributed by atoms with E-state index in [4.69, 9.17) is 11.6 Å². The van der Waals surface area contributed by atoms with Crippen LogP contribution < -0.4 is 0 Å². The standard InChI is InChI=1S/C15H19ClF3NO2S/c1-10(2)20(12-5-3-4-6-12)23(21,22)14-9-11(15(17,18)19)7-8-13(14)16/h7-10,12H,3-6H2,1-2H3. The molecule has 1 aromatic rings. The number of hydrogen-bond donors (Lipinski definition) is 0. The van der Waals surface area contributed by atoms with Gasteiger partial charge in [-0.2, -0.15) is 17.5 Å². The highest BCUT2D eigenvalue weighted by Crippen LogP contribution is 2.37. The lowest BCUT2D eigenvalue weighted by Gasteiger charge is -2.32. The molecule has 0 amide bonds. The van der Waals surface area contributed by atoms with Crippen LogP contribution in [0.2, 0.25) is 5.02 Å². The molecule has 0 radical (unpaired) electrons. The molecule has 130 valence electrons. The topological polar surface area (TPSA) is 37.4 Å². The van der Waals surface area contributed by atoms with Gasteiger partial charge in [-0.05, 0) is 44.9 Å². The van der Waals surface area contributed by atoms with Crippen LogP contribution >= 0.6 is 11.6 Å². The van der Waals surface area contributed by atoms with Gasteiger partial charge in [-0.1, -0.05) is 24.4 Å². The van der Waals surface area contributed by atoms with E-state index >= 15 is 0 Å². The van der Waals surface area contributed by atoms with Gasteiger partial charge in [-0.25, -0.2) is 8.42 Å². The van der Waals surface area contributed by atoms with Crippen molar-refractivity contribution in [3.8, 4) is 0 Å². The molecule has 3 nitrogen and oxygen atoms in total. The molecule has 1 saturated carbocycles. The Kier molecular flexibility index (Phi) is 5.33. The van der Waals surface area contributed by atoms with Crippen LogP contribution in [0.4, 0.5) is 13.2 Å². The molecule has 1 fully saturated rings. The van der Waals surface area contributed by atoms with Crippen molar-refractivity contribution in [2.75, 3.05) is 0 Å². The van der Waals surface area contributed by atoms with Crippen molar-refractivity contribution in [2.24, 2.45) is 0 Å². The summed E-state index contributed by atoms with van der Waals surface area (Å²) in [4.78, 5) is -0.477. The van der Waals surface area contributed by atoms with Crippen LogP contribution in [0.3, 0.4) is 0 Å². The van der Waals surface area contributed by atoms with Crippen LogP contribution in [0, 0.1) is 0 Å². The predicted octanol–water partition coefficient (Wildman–Crippen LogP) is 4.70. The Hall–Kier alpha value is -0.790. The van der Waals surface area contributed by atoms with Gasteiger partial charge in [0.1, 0.15) is 4.90 Å². The van der Waals surface area contributed by atoms with Gasteiger partial charge < -0.3 is 0 Å². The summed E-state index contributed by atoms with van der Waals surface area (Å²) in [7, 11) is -4.10. The largest absolute Gasteiger partial charge is 0.416 e. The molecule has 0 atom stereocenters. The maximum atomic E-state index is 12.9. The number of hydrogen-bond acceptors (Lipinski definition) is 2. The van der Waals surface area contributed by atoms with Crippen LogP contribution in [-0.4, -0.2) is 24.8 Å². The van der Waals surface area contributed by atoms with Crippen molar-refractivity contribution in [3.05, 3.63) is 28.8 Å². The Morgan fingerprint density at radius 1 is 1.22 bits per heavy atom. The van der Waals surface area contributed by atoms with Crippen LogP contribution in [0.1, 0.15) is 45.1 Å². The molecular weight excluding hydrogens is 351 g/mol. The molecule has 0 aromatic heterocycles. The lowest BCUT2D eigenvalue weighted by Crippen LogP contribution is -2.43. The zero-order valence-electron chi connectivity index (χ0n) is 12.9. The molecular formula is C15H19ClF3NO2S. The van der Waals surface area contributed by atoms with Crippen molar-refractivity contribution in [2.45, 2.75) is 62.7 Å². The highest BCUT2D eigenvalue weighted by Gasteiger charge is 2.38. The van der Waals surface area contributed by atoms with E-state index in [1.54, 1.807) is 13.8 Å². The fourth-order valence-electron chi connectivity index (χ4n) is 3.05. The first-order chi connectivity index (χ1) is 10.5. The third-order valence-corrected chi connectivity index (χ3v) is 6.62. The van der Waals surface area contributed by atoms with Crippen molar-refractivity contribution in [1.29, 1.82) is 0 Å². The summed E-state index contributed by atoms with van der Waals surface area (Å²) in [5.41, 5.74) is -1.02. The van der Waals surface area contributed by atoms with Crippen LogP contribution in [0.15, 0.2) is 23.1 Å². The minimum atomic E-state index is -4.62. The first-order valence-electron chi connectivity index (χ1n) is 7.45. The number of halogens is 4. The average Bonchev–Trinajstić information content (AvgIpc) is 2.90. The summed E-state index contributed by atoms with van der Waals surface area (Å²) in [5, 5.41) is -0.193. The maximum absolute atomic E-state index is 12.9. The molecule has 2 rings (SSSR count). The molecule has 1 aliphatic rings. The van der Waals surface area contributed by atoms with Gasteiger partial charge >= 0.3 is 6.18 Å². The number of benzene rings is 1. The lowest BCUT2D eigenvalue weighted by molar-refractivity contribution is -0.137. The normalized spacial score (nSPS) is 17.4. The molecule has 1 aliphatic carbocycles. The van der Waals surface area contributed by atoms with E-state index in [0.717, 1.165) is 25.0 Å². The van der Waals surface area contributed by atoms with E-state index in [2.05, 4.69) is 0 Å². The maximum Gasteiger partial charge on any atom is 0.416 e. The molecule has 0 spiro atoms. The molecule has 8 heteroatoms. The van der Waals surface area contributed by atoms with Gasteiger partial charge in [0.15, 0.2) is 0 Å². The second-order valence-corrected chi connectivity index (χ2v) is 8.23. The Morgan fingerprint density at radius 3 is 2.26 bits per heavy atom. The van der Waals surface area contributed by atoms with Crippen molar-refractivity contribution >= 4 is 21.6 Å². The smallest absolute Gasteiger partial charge is 0.207 e. The van der Waals surface area contributed by atoms with Crippen molar-refractivity contribution < 1.29 is 21.6 Å². The molecule has 23 heavy (non-hydrogen) atoms. The first-order valence-corrected chi connectivity index (χ1v) is 9.27. The van der Waals surface area contributed by atoms with Gasteiger partial charge in [0.05, 0.1) is 10.6 Å². The molecule has 0 saturated heterocycles. The van der Waals surface area contributed by atoms with Crippen LogP contribution in [0.5, 0.6) is 0 Å². The number of rotatable bonds is 4. The van der Waals surface area contributed by atoms with E-state index in [0.29, 0.717) is 18.9 Å². The highest BCUT2D eigenvalue weighted by atomic mass is 35.5. The number of alkyl halides is 3. The highest BCUT2D eigenvalue weighted by molar-refractivity contribution is 7.89. The van der Waals surface area contributed by atoms with E-state index in [1.807, 2.05) is 0 Å². The third-order valence-electron chi connectivity index (χ3n) is 4.01. The van der Waals surface area contributed by atoms with Gasteiger partial charge in [0, 0.05) is 12.1 Å². The second kappa shape index (κ2) is 6.61. The molecule has 0 unspecified atom stereocenters. The van der Waals surface area contributed by atoms with Crippen molar-refractivity contribution in [3.63, 3.8) is 0 Å². The fraction of sp³-hybridized carbons (Fsp3) is 0.600. The quantitative estimate of drug-likeness (QED) is 0.771. The predicted molar refractivity (Wildman–Crippen MR) is 82.9 cm³/mol. The molecule has 0 bridgehead atoms. The summed E-state index contributed by atoms with van der Waals surface area (Å²) in [6.45, 7) is 3.44. The van der Waals surface area contributed by atoms with Crippen LogP contribution in [-0.2, 0) is 16.2 Å². The lowest BCUT2D eigenvalue weighted by atomic mass is 10.2. The second-order valence-electron chi connectivity index (χ2n) is 6.01. The zero-order chi connectivity index (χ0) is 17.4. The van der Waals surface area contributed by atoms with E-state index in [1.165, 1.54) is 4.31 Å². The van der Waals surface area contributed by atoms with Crippen molar-refractivity contribution in [1.82, 2.24) is 4.31 Å². The zero-order valence-corrected chi connectivity index (χ0v) is 14.5. The van der Waals surface area contributed by atoms with Gasteiger partial charge in [-0.15, -0.1) is 0 Å². The molecule has 0 aliphatic heterocycles. The summed E-state index contributed by atoms with van der Waals surface area (Å²) in [5.74, 6) is 0. The monoisotopic (exact) mass is 369 g/mol. The Balaban J connectivity index is 2.53. The summed E-state index contributed by atoms with van der Waals surface area (Å²) in [6.07, 6.45) is -1.35. The molecule has 1 aromatic carbocycles. The SMILES string of the molecule is CC(C)N(C1CCCC1)S(=O)(=O)c1cc(C(F)(F)F)ccc1Cl. The minimum Gasteiger partial charge on any atom is -0.207 e. The summed E-state index contributed by atoms with van der Waals surface area (Å²) in [6, 6.07) is 1.86. The van der Waals surface area contributed by atoms with Gasteiger partial charge in [0.2, 0.25) is 10.0 Å². The number of sulfonamides is 1. The Morgan fingerprint density at radius 2 is 1.78 bits per heavy atom. The van der Waals surface area contributed by atoms with Gasteiger partial charge in [-0.3, -0.25) is 0 Å². The van der Waals surface area contributed by atoms with Crippen LogP contribution in [0.25, 0.3) is 0 Å². The molecule has 0 heterocycles. The van der Waals surface area contributed by atoms with Gasteiger partial charge in [0.25, 0.3) is 0 Å². The third kappa shape index (κ3) is 3.83. The number of nitrogens with zero attached hydrogens (tertiary/aromatic N) is 1. The summed E-state index contributed by atoms with van der Waals surface area (Å²) >= 11 is 5.91. The first kappa shape index (κ1) is 18.5. The Labute approximate surface area is 139 Å². The van der Waals surface area contributed by atoms with E-state index in [9.17, 15) is 21.6 Å².